The lowest BCUT2D eigenvalue weighted by atomic mass is 10.1. The minimum absolute atomic E-state index is 0.0168. The van der Waals surface area contributed by atoms with Crippen molar-refractivity contribution in [3.05, 3.63) is 84.3 Å². The number of fused-ring (bicyclic) bond motifs is 1. The van der Waals surface area contributed by atoms with Crippen molar-refractivity contribution in [3.63, 3.8) is 0 Å². The Morgan fingerprint density at radius 2 is 1.86 bits per heavy atom. The molecule has 0 unspecified atom stereocenters. The van der Waals surface area contributed by atoms with Crippen LogP contribution in [-0.2, 0) is 0 Å². The maximum absolute atomic E-state index is 14.7. The predicted molar refractivity (Wildman–Crippen MR) is 149 cm³/mol. The summed E-state index contributed by atoms with van der Waals surface area (Å²) >= 11 is 1.70. The van der Waals surface area contributed by atoms with Gasteiger partial charge in [0.05, 0.1) is 11.1 Å². The molecule has 1 fully saturated rings. The van der Waals surface area contributed by atoms with Crippen LogP contribution in [0.2, 0.25) is 0 Å². The third kappa shape index (κ3) is 6.40. The molecular formula is C29H31FN4OS. The average molecular weight is 503 g/mol. The summed E-state index contributed by atoms with van der Waals surface area (Å²) in [5, 5.41) is 3.75. The van der Waals surface area contributed by atoms with Gasteiger partial charge in [0.1, 0.15) is 5.82 Å². The van der Waals surface area contributed by atoms with Gasteiger partial charge in [-0.2, -0.15) is 0 Å². The zero-order chi connectivity index (χ0) is 25.3. The van der Waals surface area contributed by atoms with Crippen molar-refractivity contribution in [1.82, 2.24) is 9.97 Å². The first kappa shape index (κ1) is 25.6. The molecule has 3 aromatic carbocycles. The summed E-state index contributed by atoms with van der Waals surface area (Å²) in [4.78, 5) is 21.8. The number of hydrogen-bond acceptors (Lipinski definition) is 5. The van der Waals surface area contributed by atoms with E-state index in [1.54, 1.807) is 42.4 Å². The maximum atomic E-state index is 14.7. The second kappa shape index (κ2) is 12.5. The van der Waals surface area contributed by atoms with Crippen molar-refractivity contribution in [2.45, 2.75) is 39.5 Å². The summed E-state index contributed by atoms with van der Waals surface area (Å²) in [5.74, 6) is 0.577. The van der Waals surface area contributed by atoms with E-state index in [4.69, 9.17) is 0 Å². The van der Waals surface area contributed by atoms with Gasteiger partial charge in [0.2, 0.25) is 0 Å². The van der Waals surface area contributed by atoms with Crippen molar-refractivity contribution in [1.29, 1.82) is 0 Å². The molecule has 1 aliphatic heterocycles. The van der Waals surface area contributed by atoms with Gasteiger partial charge in [-0.15, -0.1) is 0 Å². The Hall–Kier alpha value is -3.45. The molecule has 0 spiro atoms. The normalized spacial score (nSPS) is 13.1. The molecule has 0 bridgehead atoms. The number of para-hydroxylation sites is 1. The molecule has 1 saturated heterocycles. The molecule has 2 heterocycles. The molecule has 1 aromatic heterocycles. The zero-order valence-corrected chi connectivity index (χ0v) is 21.5. The Kier molecular flexibility index (Phi) is 8.90. The summed E-state index contributed by atoms with van der Waals surface area (Å²) in [5.41, 5.74) is 2.98. The van der Waals surface area contributed by atoms with Crippen molar-refractivity contribution in [2.24, 2.45) is 0 Å². The summed E-state index contributed by atoms with van der Waals surface area (Å²) in [6.07, 6.45) is 6.68. The first-order valence-corrected chi connectivity index (χ1v) is 13.4. The van der Waals surface area contributed by atoms with E-state index in [0.717, 1.165) is 40.9 Å². The largest absolute Gasteiger partial charge is 0.322 e. The number of amides is 1. The lowest BCUT2D eigenvalue weighted by molar-refractivity contribution is 0.102. The fourth-order valence-corrected chi connectivity index (χ4v) is 4.76. The summed E-state index contributed by atoms with van der Waals surface area (Å²) in [7, 11) is 0. The Morgan fingerprint density at radius 1 is 1.03 bits per heavy atom. The Morgan fingerprint density at radius 3 is 2.61 bits per heavy atom. The van der Waals surface area contributed by atoms with Crippen LogP contribution in [0.15, 0.2) is 72.9 Å². The molecule has 0 aliphatic carbocycles. The third-order valence-corrected chi connectivity index (χ3v) is 7.03. The average Bonchev–Trinajstić information content (AvgIpc) is 2.93. The van der Waals surface area contributed by atoms with Gasteiger partial charge in [-0.1, -0.05) is 57.0 Å². The molecule has 0 atom stereocenters. The Balaban J connectivity index is 0.000000709. The highest BCUT2D eigenvalue weighted by Gasteiger charge is 2.17. The minimum Gasteiger partial charge on any atom is -0.322 e. The van der Waals surface area contributed by atoms with E-state index >= 15 is 0 Å². The topological polar surface area (TPSA) is 58.1 Å². The number of aromatic nitrogens is 2. The van der Waals surface area contributed by atoms with Gasteiger partial charge in [-0.25, -0.2) is 14.4 Å². The number of rotatable bonds is 5. The van der Waals surface area contributed by atoms with Gasteiger partial charge in [0.25, 0.3) is 5.91 Å². The third-order valence-electron chi connectivity index (χ3n) is 5.86. The number of benzene rings is 3. The van der Waals surface area contributed by atoms with E-state index in [1.165, 1.54) is 25.3 Å². The molecule has 1 N–H and O–H groups in total. The molecule has 36 heavy (non-hydrogen) atoms. The molecule has 1 amide bonds. The summed E-state index contributed by atoms with van der Waals surface area (Å²) in [6.45, 7) is 5.25. The molecule has 4 aromatic rings. The maximum Gasteiger partial charge on any atom is 0.258 e. The first-order chi connectivity index (χ1) is 17.6. The standard InChI is InChI=1S/C25H21FN4OS.C4H10/c26-22-15-20(30-12-3-4-13-32-30)10-11-21(22)25(31)28-19-8-5-7-17(14-19)24-27-16-18-6-1-2-9-23(18)29-24;1-3-4-2/h1-2,5-11,14-16H,3-4,12-13H2,(H,28,31);3-4H2,1-2H3. The highest BCUT2D eigenvalue weighted by atomic mass is 32.2. The van der Waals surface area contributed by atoms with Crippen molar-refractivity contribution in [3.8, 4) is 11.4 Å². The van der Waals surface area contributed by atoms with Crippen LogP contribution >= 0.6 is 11.9 Å². The molecule has 5 nitrogen and oxygen atoms in total. The number of carbonyl (C=O) groups is 1. The smallest absolute Gasteiger partial charge is 0.258 e. The van der Waals surface area contributed by atoms with Gasteiger partial charge in [0.15, 0.2) is 5.82 Å². The van der Waals surface area contributed by atoms with Crippen LogP contribution < -0.4 is 9.62 Å². The van der Waals surface area contributed by atoms with Crippen LogP contribution in [0.1, 0.15) is 49.9 Å². The summed E-state index contributed by atoms with van der Waals surface area (Å²) < 4.78 is 16.8. The highest BCUT2D eigenvalue weighted by molar-refractivity contribution is 8.00. The van der Waals surface area contributed by atoms with E-state index in [1.807, 2.05) is 36.4 Å². The van der Waals surface area contributed by atoms with Gasteiger partial charge in [-0.05, 0) is 61.2 Å². The van der Waals surface area contributed by atoms with E-state index in [9.17, 15) is 9.18 Å². The Bertz CT molecular complexity index is 1320. The van der Waals surface area contributed by atoms with Crippen LogP contribution in [0, 0.1) is 5.82 Å². The van der Waals surface area contributed by atoms with Gasteiger partial charge in [0, 0.05) is 40.8 Å². The lowest BCUT2D eigenvalue weighted by Gasteiger charge is -2.27. The number of anilines is 2. The van der Waals surface area contributed by atoms with Crippen LogP contribution in [0.5, 0.6) is 0 Å². The van der Waals surface area contributed by atoms with Crippen LogP contribution in [0.3, 0.4) is 0 Å². The SMILES string of the molecule is CCCC.O=C(Nc1cccc(-c2ncc3ccccc3n2)c1)c1ccc(N2CCCCS2)cc1F. The van der Waals surface area contributed by atoms with E-state index < -0.39 is 11.7 Å². The fraction of sp³-hybridized carbons (Fsp3) is 0.276. The molecule has 7 heteroatoms. The predicted octanol–water partition coefficient (Wildman–Crippen LogP) is 7.74. The fourth-order valence-electron chi connectivity index (χ4n) is 3.69. The van der Waals surface area contributed by atoms with Crippen molar-refractivity contribution in [2.75, 3.05) is 21.9 Å². The highest BCUT2D eigenvalue weighted by Crippen LogP contribution is 2.29. The summed E-state index contributed by atoms with van der Waals surface area (Å²) in [6, 6.07) is 19.8. The van der Waals surface area contributed by atoms with E-state index in [0.29, 0.717) is 11.5 Å². The van der Waals surface area contributed by atoms with Crippen LogP contribution in [0.4, 0.5) is 15.8 Å². The molecule has 0 radical (unpaired) electrons. The quantitative estimate of drug-likeness (QED) is 0.283. The number of nitrogens with one attached hydrogen (secondary N) is 1. The Labute approximate surface area is 216 Å². The molecule has 1 aliphatic rings. The number of carbonyl (C=O) groups excluding carboxylic acids is 1. The van der Waals surface area contributed by atoms with E-state index in [-0.39, 0.29) is 5.56 Å². The van der Waals surface area contributed by atoms with Crippen molar-refractivity contribution >= 4 is 40.1 Å². The van der Waals surface area contributed by atoms with Gasteiger partial charge >= 0.3 is 0 Å². The van der Waals surface area contributed by atoms with Gasteiger partial charge < -0.3 is 9.62 Å². The molecular weight excluding hydrogens is 471 g/mol. The molecule has 0 saturated carbocycles. The van der Waals surface area contributed by atoms with Gasteiger partial charge in [-0.3, -0.25) is 4.79 Å². The number of halogens is 1. The molecule has 5 rings (SSSR count). The number of unbranched alkanes of at least 4 members (excludes halogenated alkanes) is 1. The first-order valence-electron chi connectivity index (χ1n) is 12.4. The van der Waals surface area contributed by atoms with E-state index in [2.05, 4.69) is 33.4 Å². The second-order valence-corrected chi connectivity index (χ2v) is 9.70. The lowest BCUT2D eigenvalue weighted by Crippen LogP contribution is -2.21. The zero-order valence-electron chi connectivity index (χ0n) is 20.7. The van der Waals surface area contributed by atoms with Crippen LogP contribution in [0.25, 0.3) is 22.3 Å². The second-order valence-electron chi connectivity index (χ2n) is 8.59. The number of hydrogen-bond donors (Lipinski definition) is 1. The monoisotopic (exact) mass is 502 g/mol. The minimum atomic E-state index is -0.528. The molecule has 186 valence electrons. The van der Waals surface area contributed by atoms with Crippen molar-refractivity contribution < 1.29 is 9.18 Å². The van der Waals surface area contributed by atoms with Crippen LogP contribution in [-0.4, -0.2) is 28.2 Å². The number of nitrogens with zero attached hydrogens (tertiary/aromatic N) is 3.